The lowest BCUT2D eigenvalue weighted by Gasteiger charge is -2.24. The zero-order chi connectivity index (χ0) is 28.5. The smallest absolute Gasteiger partial charge is 0.253 e. The Morgan fingerprint density at radius 3 is 2.20 bits per heavy atom. The van der Waals surface area contributed by atoms with E-state index in [0.29, 0.717) is 11.8 Å². The van der Waals surface area contributed by atoms with Gasteiger partial charge in [0.1, 0.15) is 5.75 Å². The maximum Gasteiger partial charge on any atom is 0.253 e. The molecular weight excluding hydrogens is 496 g/mol. The maximum absolute atomic E-state index is 13.8. The topological polar surface area (TPSA) is 50.1 Å². The Bertz CT molecular complexity index is 1190. The van der Waals surface area contributed by atoms with Crippen LogP contribution in [0.3, 0.4) is 0 Å². The van der Waals surface area contributed by atoms with Gasteiger partial charge in [-0.1, -0.05) is 40.5 Å². The Morgan fingerprint density at radius 1 is 0.950 bits per heavy atom. The highest BCUT2D eigenvalue weighted by atomic mass is 16.5. The summed E-state index contributed by atoms with van der Waals surface area (Å²) in [6, 6.07) is 12.2. The van der Waals surface area contributed by atoms with Crippen LogP contribution in [0.5, 0.6) is 5.75 Å². The van der Waals surface area contributed by atoms with Gasteiger partial charge in [0.15, 0.2) is 0 Å². The Morgan fingerprint density at radius 2 is 1.60 bits per heavy atom. The summed E-state index contributed by atoms with van der Waals surface area (Å²) in [6.45, 7) is 14.0. The molecule has 40 heavy (non-hydrogen) atoms. The van der Waals surface area contributed by atoms with Gasteiger partial charge in [0, 0.05) is 36.0 Å². The largest absolute Gasteiger partial charge is 0.497 e. The van der Waals surface area contributed by atoms with Gasteiger partial charge in [-0.15, -0.1) is 0 Å². The number of carbonyl (C=O) groups is 1. The summed E-state index contributed by atoms with van der Waals surface area (Å²) < 4.78 is 7.36. The molecule has 2 aromatic heterocycles. The molecule has 1 fully saturated rings. The third-order valence-corrected chi connectivity index (χ3v) is 8.19. The van der Waals surface area contributed by atoms with Crippen LogP contribution in [0.2, 0.25) is 0 Å². The zero-order valence-corrected chi connectivity index (χ0v) is 25.5. The van der Waals surface area contributed by atoms with Crippen molar-refractivity contribution in [2.45, 2.75) is 79.1 Å². The quantitative estimate of drug-likeness (QED) is 0.225. The molecule has 6 heteroatoms. The van der Waals surface area contributed by atoms with Crippen molar-refractivity contribution in [2.24, 2.45) is 11.8 Å². The number of fused-ring (bicyclic) bond motifs is 1. The highest BCUT2D eigenvalue weighted by Crippen LogP contribution is 2.30. The van der Waals surface area contributed by atoms with E-state index in [-0.39, 0.29) is 5.91 Å². The first-order valence-electron chi connectivity index (χ1n) is 15.5. The Balaban J connectivity index is 1.64. The molecule has 6 nitrogen and oxygen atoms in total. The Labute approximate surface area is 241 Å². The molecule has 3 aromatic rings. The van der Waals surface area contributed by atoms with E-state index < -0.39 is 0 Å². The second-order valence-corrected chi connectivity index (χ2v) is 12.3. The molecule has 0 spiro atoms. The van der Waals surface area contributed by atoms with E-state index in [1.54, 1.807) is 7.11 Å². The predicted octanol–water partition coefficient (Wildman–Crippen LogP) is 7.35. The molecule has 1 saturated heterocycles. The van der Waals surface area contributed by atoms with Crippen molar-refractivity contribution in [3.8, 4) is 17.0 Å². The van der Waals surface area contributed by atoms with Gasteiger partial charge < -0.3 is 14.5 Å². The van der Waals surface area contributed by atoms with E-state index in [2.05, 4.69) is 55.7 Å². The van der Waals surface area contributed by atoms with Crippen LogP contribution in [-0.2, 0) is 6.42 Å². The molecule has 1 amide bonds. The number of nitrogens with zero attached hydrogens (tertiary/aromatic N) is 4. The molecule has 4 rings (SSSR count). The molecule has 0 saturated carbocycles. The number of likely N-dealkylation sites (tertiary alicyclic amines) is 1. The molecule has 1 aromatic carbocycles. The van der Waals surface area contributed by atoms with Gasteiger partial charge in [-0.2, -0.15) is 5.10 Å². The molecule has 1 aliphatic heterocycles. The maximum atomic E-state index is 13.8. The number of hydrogen-bond donors (Lipinski definition) is 0. The number of amides is 1. The molecule has 0 N–H and O–H groups in total. The van der Waals surface area contributed by atoms with Crippen molar-refractivity contribution in [1.82, 2.24) is 19.4 Å². The van der Waals surface area contributed by atoms with Crippen LogP contribution in [0, 0.1) is 11.8 Å². The summed E-state index contributed by atoms with van der Waals surface area (Å²) in [7, 11) is 1.69. The van der Waals surface area contributed by atoms with E-state index in [0.717, 1.165) is 73.4 Å². The third kappa shape index (κ3) is 8.09. The molecule has 3 heterocycles. The molecule has 0 bridgehead atoms. The van der Waals surface area contributed by atoms with Gasteiger partial charge in [-0.3, -0.25) is 4.79 Å². The number of hydrogen-bond acceptors (Lipinski definition) is 4. The van der Waals surface area contributed by atoms with Crippen molar-refractivity contribution < 1.29 is 9.53 Å². The molecular formula is C34H50N4O2. The van der Waals surface area contributed by atoms with Gasteiger partial charge in [-0.25, -0.2) is 4.52 Å². The van der Waals surface area contributed by atoms with Gasteiger partial charge in [0.25, 0.3) is 5.91 Å². The first kappa shape index (κ1) is 30.1. The third-order valence-electron chi connectivity index (χ3n) is 8.19. The fourth-order valence-electron chi connectivity index (χ4n) is 5.62. The van der Waals surface area contributed by atoms with Crippen LogP contribution in [0.15, 0.2) is 42.6 Å². The number of aryl methyl sites for hydroxylation is 1. The number of ether oxygens (including phenoxy) is 1. The highest BCUT2D eigenvalue weighted by Gasteiger charge is 2.21. The monoisotopic (exact) mass is 546 g/mol. The minimum Gasteiger partial charge on any atom is -0.497 e. The van der Waals surface area contributed by atoms with Crippen molar-refractivity contribution in [3.05, 3.63) is 53.7 Å². The van der Waals surface area contributed by atoms with E-state index in [4.69, 9.17) is 9.84 Å². The fraction of sp³-hybridized carbons (Fsp3) is 0.588. The van der Waals surface area contributed by atoms with E-state index in [1.807, 2.05) is 28.9 Å². The van der Waals surface area contributed by atoms with Crippen LogP contribution >= 0.6 is 0 Å². The molecule has 1 aliphatic rings. The molecule has 0 aliphatic carbocycles. The van der Waals surface area contributed by atoms with Crippen LogP contribution < -0.4 is 4.74 Å². The van der Waals surface area contributed by atoms with Crippen LogP contribution in [-0.4, -0.2) is 65.2 Å². The fourth-order valence-corrected chi connectivity index (χ4v) is 5.62. The number of rotatable bonds is 13. The van der Waals surface area contributed by atoms with E-state index >= 15 is 0 Å². The van der Waals surface area contributed by atoms with E-state index in [9.17, 15) is 4.79 Å². The lowest BCUT2D eigenvalue weighted by molar-refractivity contribution is 0.0741. The standard InChI is InChI=1S/C34H50N4O2/c1-26(2)16-22-37(23-17-27(3)4)34(39)29-18-24-38-32(25-29)31(11-10-21-36-19-8-6-7-9-20-36)33(35-38)28-12-14-30(40-5)15-13-28/h12-15,18,24-27H,6-11,16-17,19-23H2,1-5H3. The summed E-state index contributed by atoms with van der Waals surface area (Å²) >= 11 is 0. The lowest BCUT2D eigenvalue weighted by atomic mass is 10.0. The normalized spacial score (nSPS) is 14.7. The minimum atomic E-state index is 0.131. The van der Waals surface area contributed by atoms with E-state index in [1.165, 1.54) is 44.3 Å². The Kier molecular flexibility index (Phi) is 11.0. The molecule has 0 unspecified atom stereocenters. The number of aromatic nitrogens is 2. The Hall–Kier alpha value is -2.86. The summed E-state index contributed by atoms with van der Waals surface area (Å²) in [5.74, 6) is 2.10. The van der Waals surface area contributed by atoms with Crippen LogP contribution in [0.4, 0.5) is 0 Å². The molecule has 218 valence electrons. The number of methoxy groups -OCH3 is 1. The summed E-state index contributed by atoms with van der Waals surface area (Å²) in [6.07, 6.45) is 11.3. The minimum absolute atomic E-state index is 0.131. The van der Waals surface area contributed by atoms with Crippen molar-refractivity contribution in [3.63, 3.8) is 0 Å². The average molecular weight is 547 g/mol. The zero-order valence-electron chi connectivity index (χ0n) is 25.5. The van der Waals surface area contributed by atoms with Crippen molar-refractivity contribution in [1.29, 1.82) is 0 Å². The molecule has 0 atom stereocenters. The molecule has 0 radical (unpaired) electrons. The van der Waals surface area contributed by atoms with Gasteiger partial charge in [0.2, 0.25) is 0 Å². The first-order chi connectivity index (χ1) is 19.4. The number of benzene rings is 1. The second-order valence-electron chi connectivity index (χ2n) is 12.3. The predicted molar refractivity (Wildman–Crippen MR) is 165 cm³/mol. The number of carbonyl (C=O) groups excluding carboxylic acids is 1. The summed E-state index contributed by atoms with van der Waals surface area (Å²) in [5, 5.41) is 5.02. The summed E-state index contributed by atoms with van der Waals surface area (Å²) in [5.41, 5.74) is 5.11. The SMILES string of the molecule is COc1ccc(-c2nn3ccc(C(=O)N(CCC(C)C)CCC(C)C)cc3c2CCCN2CCCCCC2)cc1. The first-order valence-corrected chi connectivity index (χ1v) is 15.5. The van der Waals surface area contributed by atoms with Crippen molar-refractivity contribution in [2.75, 3.05) is 39.8 Å². The van der Waals surface area contributed by atoms with Gasteiger partial charge in [-0.05, 0) is 106 Å². The second kappa shape index (κ2) is 14.7. The summed E-state index contributed by atoms with van der Waals surface area (Å²) in [4.78, 5) is 18.5. The lowest BCUT2D eigenvalue weighted by Crippen LogP contribution is -2.34. The number of pyridine rings is 1. The van der Waals surface area contributed by atoms with Crippen LogP contribution in [0.1, 0.15) is 88.6 Å². The van der Waals surface area contributed by atoms with Gasteiger partial charge in [0.05, 0.1) is 18.3 Å². The van der Waals surface area contributed by atoms with Crippen molar-refractivity contribution >= 4 is 11.4 Å². The highest BCUT2D eigenvalue weighted by molar-refractivity contribution is 5.95. The van der Waals surface area contributed by atoms with Crippen LogP contribution in [0.25, 0.3) is 16.8 Å². The van der Waals surface area contributed by atoms with Gasteiger partial charge >= 0.3 is 0 Å². The average Bonchev–Trinajstić information content (AvgIpc) is 3.10.